The molecule has 0 saturated heterocycles. The molecule has 0 aromatic heterocycles. The van der Waals surface area contributed by atoms with Gasteiger partial charge in [-0.2, -0.15) is 0 Å². The summed E-state index contributed by atoms with van der Waals surface area (Å²) in [5.74, 6) is 0.272. The van der Waals surface area contributed by atoms with Crippen LogP contribution in [0.2, 0.25) is 0 Å². The molecule has 3 rings (SSSR count). The SMILES string of the molecule is CCC(C)NC(=O)C(Cc1ccccc1)N(Cc1cccc(Br)c1)C(=O)COc1cccc(C)c1C. The van der Waals surface area contributed by atoms with Crippen LogP contribution < -0.4 is 10.1 Å². The van der Waals surface area contributed by atoms with E-state index in [9.17, 15) is 9.59 Å². The van der Waals surface area contributed by atoms with Gasteiger partial charge in [0.05, 0.1) is 0 Å². The summed E-state index contributed by atoms with van der Waals surface area (Å²) in [6, 6.07) is 22.7. The van der Waals surface area contributed by atoms with Gasteiger partial charge in [0.25, 0.3) is 5.91 Å². The van der Waals surface area contributed by atoms with Crippen molar-refractivity contribution in [2.45, 2.75) is 59.2 Å². The summed E-state index contributed by atoms with van der Waals surface area (Å²) in [5, 5.41) is 3.09. The fourth-order valence-corrected chi connectivity index (χ4v) is 4.38. The molecule has 0 heterocycles. The number of nitrogens with one attached hydrogen (secondary N) is 1. The summed E-state index contributed by atoms with van der Waals surface area (Å²) in [4.78, 5) is 28.9. The number of benzene rings is 3. The monoisotopic (exact) mass is 550 g/mol. The molecule has 2 unspecified atom stereocenters. The van der Waals surface area contributed by atoms with Gasteiger partial charge < -0.3 is 15.0 Å². The van der Waals surface area contributed by atoms with Crippen molar-refractivity contribution in [1.82, 2.24) is 10.2 Å². The van der Waals surface area contributed by atoms with Crippen LogP contribution in [0.4, 0.5) is 0 Å². The molecule has 190 valence electrons. The van der Waals surface area contributed by atoms with Crippen molar-refractivity contribution in [3.63, 3.8) is 0 Å². The van der Waals surface area contributed by atoms with Gasteiger partial charge in [0.15, 0.2) is 6.61 Å². The van der Waals surface area contributed by atoms with E-state index in [4.69, 9.17) is 4.74 Å². The van der Waals surface area contributed by atoms with Crippen LogP contribution in [0.3, 0.4) is 0 Å². The van der Waals surface area contributed by atoms with Crippen molar-refractivity contribution in [2.75, 3.05) is 6.61 Å². The molecule has 36 heavy (non-hydrogen) atoms. The number of hydrogen-bond donors (Lipinski definition) is 1. The maximum Gasteiger partial charge on any atom is 0.261 e. The molecule has 3 aromatic carbocycles. The number of aryl methyl sites for hydroxylation is 1. The van der Waals surface area contributed by atoms with E-state index in [0.29, 0.717) is 18.7 Å². The molecule has 5 nitrogen and oxygen atoms in total. The smallest absolute Gasteiger partial charge is 0.261 e. The van der Waals surface area contributed by atoms with Crippen LogP contribution in [0, 0.1) is 13.8 Å². The van der Waals surface area contributed by atoms with E-state index in [2.05, 4.69) is 21.2 Å². The van der Waals surface area contributed by atoms with E-state index >= 15 is 0 Å². The second kappa shape index (κ2) is 13.3. The fourth-order valence-electron chi connectivity index (χ4n) is 3.93. The summed E-state index contributed by atoms with van der Waals surface area (Å²) < 4.78 is 6.89. The predicted octanol–water partition coefficient (Wildman–Crippen LogP) is 6.00. The summed E-state index contributed by atoms with van der Waals surface area (Å²) in [7, 11) is 0. The van der Waals surface area contributed by atoms with Gasteiger partial charge in [0, 0.05) is 23.5 Å². The lowest BCUT2D eigenvalue weighted by Gasteiger charge is -2.32. The normalized spacial score (nSPS) is 12.5. The number of hydrogen-bond acceptors (Lipinski definition) is 3. The number of halogens is 1. The van der Waals surface area contributed by atoms with Crippen LogP contribution in [-0.4, -0.2) is 35.4 Å². The molecule has 0 spiro atoms. The number of amides is 2. The molecular weight excluding hydrogens is 516 g/mol. The molecule has 0 aliphatic rings. The Morgan fingerprint density at radius 1 is 0.972 bits per heavy atom. The Bertz CT molecular complexity index is 1170. The molecule has 0 bridgehead atoms. The molecule has 0 fully saturated rings. The molecule has 6 heteroatoms. The van der Waals surface area contributed by atoms with Crippen LogP contribution in [0.15, 0.2) is 77.3 Å². The number of carbonyl (C=O) groups excluding carboxylic acids is 2. The van der Waals surface area contributed by atoms with Crippen LogP contribution in [0.5, 0.6) is 5.75 Å². The first-order valence-electron chi connectivity index (χ1n) is 12.4. The number of nitrogens with zero attached hydrogens (tertiary/aromatic N) is 1. The molecule has 0 aliphatic carbocycles. The van der Waals surface area contributed by atoms with Crippen molar-refractivity contribution in [3.8, 4) is 5.75 Å². The van der Waals surface area contributed by atoms with Gasteiger partial charge in [0.1, 0.15) is 11.8 Å². The van der Waals surface area contributed by atoms with Gasteiger partial charge in [0.2, 0.25) is 5.91 Å². The molecular formula is C30H35BrN2O3. The zero-order valence-electron chi connectivity index (χ0n) is 21.5. The average Bonchev–Trinajstić information content (AvgIpc) is 2.87. The van der Waals surface area contributed by atoms with Crippen LogP contribution >= 0.6 is 15.9 Å². The predicted molar refractivity (Wildman–Crippen MR) is 148 cm³/mol. The van der Waals surface area contributed by atoms with Gasteiger partial charge in [-0.25, -0.2) is 0 Å². The Balaban J connectivity index is 1.93. The van der Waals surface area contributed by atoms with E-state index in [1.807, 2.05) is 100 Å². The van der Waals surface area contributed by atoms with Gasteiger partial charge >= 0.3 is 0 Å². The topological polar surface area (TPSA) is 58.6 Å². The van der Waals surface area contributed by atoms with E-state index < -0.39 is 6.04 Å². The summed E-state index contributed by atoms with van der Waals surface area (Å²) in [6.45, 7) is 8.13. The quantitative estimate of drug-likeness (QED) is 0.318. The number of ether oxygens (including phenoxy) is 1. The van der Waals surface area contributed by atoms with E-state index in [0.717, 1.165) is 33.1 Å². The molecule has 2 amide bonds. The Kier molecular flexibility index (Phi) is 10.1. The molecule has 0 radical (unpaired) electrons. The second-order valence-corrected chi connectivity index (χ2v) is 10.1. The minimum Gasteiger partial charge on any atom is -0.483 e. The van der Waals surface area contributed by atoms with Crippen molar-refractivity contribution in [1.29, 1.82) is 0 Å². The van der Waals surface area contributed by atoms with Crippen molar-refractivity contribution in [2.24, 2.45) is 0 Å². The third kappa shape index (κ3) is 7.69. The lowest BCUT2D eigenvalue weighted by atomic mass is 10.0. The lowest BCUT2D eigenvalue weighted by molar-refractivity contribution is -0.143. The van der Waals surface area contributed by atoms with E-state index in [-0.39, 0.29) is 24.5 Å². The van der Waals surface area contributed by atoms with Crippen LogP contribution in [-0.2, 0) is 22.6 Å². The zero-order chi connectivity index (χ0) is 26.1. The number of rotatable bonds is 11. The Morgan fingerprint density at radius 2 is 1.67 bits per heavy atom. The molecule has 1 N–H and O–H groups in total. The lowest BCUT2D eigenvalue weighted by Crippen LogP contribution is -2.53. The van der Waals surface area contributed by atoms with Gasteiger partial charge in [-0.05, 0) is 67.6 Å². The maximum absolute atomic E-state index is 13.7. The number of carbonyl (C=O) groups is 2. The van der Waals surface area contributed by atoms with Crippen molar-refractivity contribution in [3.05, 3.63) is 99.5 Å². The summed E-state index contributed by atoms with van der Waals surface area (Å²) in [6.07, 6.45) is 1.21. The van der Waals surface area contributed by atoms with Crippen LogP contribution in [0.25, 0.3) is 0 Å². The Morgan fingerprint density at radius 3 is 2.36 bits per heavy atom. The first-order chi connectivity index (χ1) is 17.3. The first kappa shape index (κ1) is 27.5. The highest BCUT2D eigenvalue weighted by molar-refractivity contribution is 9.10. The average molecular weight is 552 g/mol. The maximum atomic E-state index is 13.7. The third-order valence-corrected chi connectivity index (χ3v) is 6.91. The highest BCUT2D eigenvalue weighted by Gasteiger charge is 2.31. The standard InChI is InChI=1S/C30H35BrN2O3/c1-5-22(3)32-30(35)27(18-24-12-7-6-8-13-24)33(19-25-14-10-15-26(31)17-25)29(34)20-36-28-16-9-11-21(2)23(28)4/h6-17,22,27H,5,18-20H2,1-4H3,(H,32,35). The fraction of sp³-hybridized carbons (Fsp3) is 0.333. The van der Waals surface area contributed by atoms with E-state index in [1.165, 1.54) is 0 Å². The Labute approximate surface area is 223 Å². The second-order valence-electron chi connectivity index (χ2n) is 9.16. The van der Waals surface area contributed by atoms with Gasteiger partial charge in [-0.1, -0.05) is 77.5 Å². The van der Waals surface area contributed by atoms with Gasteiger partial charge in [-0.3, -0.25) is 9.59 Å². The molecule has 0 saturated carbocycles. The minimum absolute atomic E-state index is 0.00443. The van der Waals surface area contributed by atoms with Crippen LogP contribution in [0.1, 0.15) is 42.5 Å². The van der Waals surface area contributed by atoms with Crippen molar-refractivity contribution < 1.29 is 14.3 Å². The highest BCUT2D eigenvalue weighted by Crippen LogP contribution is 2.22. The molecule has 0 aliphatic heterocycles. The third-order valence-electron chi connectivity index (χ3n) is 6.42. The van der Waals surface area contributed by atoms with Gasteiger partial charge in [-0.15, -0.1) is 0 Å². The largest absolute Gasteiger partial charge is 0.483 e. The first-order valence-corrected chi connectivity index (χ1v) is 13.1. The summed E-state index contributed by atoms with van der Waals surface area (Å²) in [5.41, 5.74) is 4.02. The summed E-state index contributed by atoms with van der Waals surface area (Å²) >= 11 is 3.52. The molecule has 3 aromatic rings. The Hall–Kier alpha value is -3.12. The zero-order valence-corrected chi connectivity index (χ0v) is 23.0. The highest BCUT2D eigenvalue weighted by atomic mass is 79.9. The van der Waals surface area contributed by atoms with Crippen molar-refractivity contribution >= 4 is 27.7 Å². The minimum atomic E-state index is -0.685. The molecule has 2 atom stereocenters. The van der Waals surface area contributed by atoms with E-state index in [1.54, 1.807) is 4.90 Å².